The van der Waals surface area contributed by atoms with Gasteiger partial charge in [-0.2, -0.15) is 0 Å². The maximum absolute atomic E-state index is 12.5. The molecule has 0 fully saturated rings. The predicted octanol–water partition coefficient (Wildman–Crippen LogP) is 4.03. The molecule has 0 N–H and O–H groups in total. The molecule has 0 aliphatic heterocycles. The first-order valence-corrected chi connectivity index (χ1v) is 7.08. The van der Waals surface area contributed by atoms with Crippen LogP contribution >= 0.6 is 0 Å². The van der Waals surface area contributed by atoms with Gasteiger partial charge in [-0.1, -0.05) is 37.6 Å². The largest absolute Gasteiger partial charge is 0.472 e. The molecule has 1 heterocycles. The molecule has 0 aliphatic rings. The van der Waals surface area contributed by atoms with Crippen molar-refractivity contribution in [2.24, 2.45) is 0 Å². The molecule has 2 aromatic rings. The summed E-state index contributed by atoms with van der Waals surface area (Å²) in [6, 6.07) is 9.92. The minimum absolute atomic E-state index is 0.0375. The summed E-state index contributed by atoms with van der Waals surface area (Å²) in [4.78, 5) is 14.4. The number of carbonyl (C=O) groups is 1. The number of aryl methyl sites for hydroxylation is 1. The second-order valence-electron chi connectivity index (χ2n) is 5.02. The van der Waals surface area contributed by atoms with Gasteiger partial charge in [0, 0.05) is 13.1 Å². The second kappa shape index (κ2) is 6.94. The van der Waals surface area contributed by atoms with E-state index in [1.54, 1.807) is 12.3 Å². The van der Waals surface area contributed by atoms with Crippen molar-refractivity contribution < 1.29 is 9.21 Å². The lowest BCUT2D eigenvalue weighted by molar-refractivity contribution is 0.0740. The van der Waals surface area contributed by atoms with E-state index in [1.807, 2.05) is 17.0 Å². The Hall–Kier alpha value is -2.03. The Balaban J connectivity index is 2.15. The highest BCUT2D eigenvalue weighted by Gasteiger charge is 2.17. The van der Waals surface area contributed by atoms with Gasteiger partial charge in [-0.15, -0.1) is 0 Å². The van der Waals surface area contributed by atoms with Gasteiger partial charge in [-0.3, -0.25) is 4.79 Å². The second-order valence-corrected chi connectivity index (χ2v) is 5.02. The van der Waals surface area contributed by atoms with Crippen molar-refractivity contribution in [1.82, 2.24) is 4.90 Å². The highest BCUT2D eigenvalue weighted by molar-refractivity contribution is 5.93. The first kappa shape index (κ1) is 14.4. The Bertz CT molecular complexity index is 546. The number of rotatable bonds is 6. The molecule has 0 atom stereocenters. The summed E-state index contributed by atoms with van der Waals surface area (Å²) >= 11 is 0. The topological polar surface area (TPSA) is 33.5 Å². The molecule has 0 radical (unpaired) electrons. The van der Waals surface area contributed by atoms with Crippen molar-refractivity contribution in [1.29, 1.82) is 0 Å². The van der Waals surface area contributed by atoms with Crippen LogP contribution < -0.4 is 0 Å². The average molecular weight is 271 g/mol. The molecule has 0 bridgehead atoms. The lowest BCUT2D eigenvalue weighted by Crippen LogP contribution is -2.31. The number of hydrogen-bond donors (Lipinski definition) is 0. The number of furan rings is 1. The Morgan fingerprint density at radius 1 is 1.25 bits per heavy atom. The molecular formula is C17H21NO2. The maximum atomic E-state index is 12.5. The summed E-state index contributed by atoms with van der Waals surface area (Å²) in [6.45, 7) is 5.63. The number of hydrogen-bond acceptors (Lipinski definition) is 2. The third-order valence-electron chi connectivity index (χ3n) is 3.46. The third kappa shape index (κ3) is 3.50. The first-order valence-electron chi connectivity index (χ1n) is 7.08. The summed E-state index contributed by atoms with van der Waals surface area (Å²) in [5, 5.41) is 0. The fraction of sp³-hybridized carbons (Fsp3) is 0.353. The van der Waals surface area contributed by atoms with Crippen LogP contribution in [0.2, 0.25) is 0 Å². The van der Waals surface area contributed by atoms with Crippen molar-refractivity contribution in [2.45, 2.75) is 33.2 Å². The SMILES string of the molecule is CCCCN(Cc1ccccc1C)C(=O)c1ccoc1. The summed E-state index contributed by atoms with van der Waals surface area (Å²) in [5.41, 5.74) is 3.03. The predicted molar refractivity (Wildman–Crippen MR) is 79.5 cm³/mol. The molecule has 3 heteroatoms. The van der Waals surface area contributed by atoms with Crippen molar-refractivity contribution in [3.8, 4) is 0 Å². The molecule has 0 spiro atoms. The maximum Gasteiger partial charge on any atom is 0.257 e. The van der Waals surface area contributed by atoms with E-state index in [0.29, 0.717) is 12.1 Å². The molecule has 20 heavy (non-hydrogen) atoms. The van der Waals surface area contributed by atoms with Gasteiger partial charge in [-0.05, 0) is 30.5 Å². The van der Waals surface area contributed by atoms with Gasteiger partial charge in [0.15, 0.2) is 0 Å². The number of benzene rings is 1. The molecule has 0 unspecified atom stereocenters. The Kier molecular flexibility index (Phi) is 4.99. The van der Waals surface area contributed by atoms with Crippen LogP contribution in [0.25, 0.3) is 0 Å². The van der Waals surface area contributed by atoms with E-state index in [2.05, 4.69) is 26.0 Å². The van der Waals surface area contributed by atoms with Gasteiger partial charge in [-0.25, -0.2) is 0 Å². The minimum Gasteiger partial charge on any atom is -0.472 e. The summed E-state index contributed by atoms with van der Waals surface area (Å²) in [7, 11) is 0. The van der Waals surface area contributed by atoms with E-state index in [1.165, 1.54) is 17.4 Å². The Morgan fingerprint density at radius 2 is 2.05 bits per heavy atom. The monoisotopic (exact) mass is 271 g/mol. The highest BCUT2D eigenvalue weighted by atomic mass is 16.3. The van der Waals surface area contributed by atoms with Crippen LogP contribution in [0.4, 0.5) is 0 Å². The third-order valence-corrected chi connectivity index (χ3v) is 3.46. The first-order chi connectivity index (χ1) is 9.72. The normalized spacial score (nSPS) is 10.5. The lowest BCUT2D eigenvalue weighted by Gasteiger charge is -2.23. The molecule has 1 aromatic heterocycles. The van der Waals surface area contributed by atoms with E-state index in [0.717, 1.165) is 19.4 Å². The zero-order valence-electron chi connectivity index (χ0n) is 12.1. The van der Waals surface area contributed by atoms with Crippen molar-refractivity contribution >= 4 is 5.91 Å². The molecule has 1 aromatic carbocycles. The quantitative estimate of drug-likeness (QED) is 0.794. The smallest absolute Gasteiger partial charge is 0.257 e. The van der Waals surface area contributed by atoms with E-state index < -0.39 is 0 Å². The van der Waals surface area contributed by atoms with Crippen LogP contribution in [-0.4, -0.2) is 17.4 Å². The average Bonchev–Trinajstić information content (AvgIpc) is 2.99. The summed E-state index contributed by atoms with van der Waals surface area (Å²) in [5.74, 6) is 0.0375. The summed E-state index contributed by atoms with van der Waals surface area (Å²) in [6.07, 6.45) is 5.14. The summed E-state index contributed by atoms with van der Waals surface area (Å²) < 4.78 is 5.02. The molecule has 0 saturated carbocycles. The number of amides is 1. The van der Waals surface area contributed by atoms with Crippen molar-refractivity contribution in [3.05, 3.63) is 59.5 Å². The number of unbranched alkanes of at least 4 members (excludes halogenated alkanes) is 1. The van der Waals surface area contributed by atoms with Gasteiger partial charge in [0.1, 0.15) is 6.26 Å². The van der Waals surface area contributed by atoms with Crippen LogP contribution in [-0.2, 0) is 6.54 Å². The lowest BCUT2D eigenvalue weighted by atomic mass is 10.1. The molecular weight excluding hydrogens is 250 g/mol. The molecule has 3 nitrogen and oxygen atoms in total. The Labute approximate surface area is 120 Å². The van der Waals surface area contributed by atoms with Gasteiger partial charge < -0.3 is 9.32 Å². The Morgan fingerprint density at radius 3 is 2.70 bits per heavy atom. The van der Waals surface area contributed by atoms with Gasteiger partial charge >= 0.3 is 0 Å². The fourth-order valence-electron chi connectivity index (χ4n) is 2.16. The van der Waals surface area contributed by atoms with E-state index in [4.69, 9.17) is 4.42 Å². The molecule has 0 aliphatic carbocycles. The number of carbonyl (C=O) groups excluding carboxylic acids is 1. The van der Waals surface area contributed by atoms with Crippen LogP contribution in [0.3, 0.4) is 0 Å². The van der Waals surface area contributed by atoms with E-state index >= 15 is 0 Å². The van der Waals surface area contributed by atoms with Crippen molar-refractivity contribution in [3.63, 3.8) is 0 Å². The minimum atomic E-state index is 0.0375. The zero-order chi connectivity index (χ0) is 14.4. The van der Waals surface area contributed by atoms with Gasteiger partial charge in [0.25, 0.3) is 5.91 Å². The van der Waals surface area contributed by atoms with Crippen LogP contribution in [0.5, 0.6) is 0 Å². The fourth-order valence-corrected chi connectivity index (χ4v) is 2.16. The zero-order valence-corrected chi connectivity index (χ0v) is 12.1. The van der Waals surface area contributed by atoms with Gasteiger partial charge in [0.2, 0.25) is 0 Å². The van der Waals surface area contributed by atoms with E-state index in [-0.39, 0.29) is 5.91 Å². The molecule has 2 rings (SSSR count). The highest BCUT2D eigenvalue weighted by Crippen LogP contribution is 2.14. The van der Waals surface area contributed by atoms with Crippen LogP contribution in [0, 0.1) is 6.92 Å². The van der Waals surface area contributed by atoms with Gasteiger partial charge in [0.05, 0.1) is 11.8 Å². The van der Waals surface area contributed by atoms with Crippen molar-refractivity contribution in [2.75, 3.05) is 6.54 Å². The standard InChI is InChI=1S/C17H21NO2/c1-3-4-10-18(17(19)16-9-11-20-13-16)12-15-8-6-5-7-14(15)2/h5-9,11,13H,3-4,10,12H2,1-2H3. The van der Waals surface area contributed by atoms with Crippen LogP contribution in [0.1, 0.15) is 41.3 Å². The molecule has 0 saturated heterocycles. The number of nitrogens with zero attached hydrogens (tertiary/aromatic N) is 1. The molecule has 106 valence electrons. The van der Waals surface area contributed by atoms with E-state index in [9.17, 15) is 4.79 Å². The van der Waals surface area contributed by atoms with Crippen LogP contribution in [0.15, 0.2) is 47.3 Å². The molecule has 1 amide bonds.